The van der Waals surface area contributed by atoms with E-state index in [1.807, 2.05) is 0 Å². The lowest BCUT2D eigenvalue weighted by atomic mass is 9.59. The third kappa shape index (κ3) is 0.764. The molecule has 0 radical (unpaired) electrons. The van der Waals surface area contributed by atoms with Crippen LogP contribution in [0.3, 0.4) is 0 Å². The van der Waals surface area contributed by atoms with Crippen LogP contribution in [0, 0.1) is 53.3 Å². The van der Waals surface area contributed by atoms with Crippen molar-refractivity contribution in [2.45, 2.75) is 50.3 Å². The Kier molecular flexibility index (Phi) is 1.53. The summed E-state index contributed by atoms with van der Waals surface area (Å²) in [6.07, 6.45) is 8.71. The second-order valence-corrected chi connectivity index (χ2v) is 9.35. The van der Waals surface area contributed by atoms with Crippen LogP contribution in [-0.4, -0.2) is 28.3 Å². The van der Waals surface area contributed by atoms with E-state index in [1.165, 1.54) is 45.1 Å². The summed E-state index contributed by atoms with van der Waals surface area (Å²) in [5.41, 5.74) is -0.311. The van der Waals surface area contributed by atoms with Crippen LogP contribution in [0.25, 0.3) is 0 Å². The van der Waals surface area contributed by atoms with Crippen LogP contribution in [0.5, 0.6) is 0 Å². The first-order chi connectivity index (χ1) is 9.82. The van der Waals surface area contributed by atoms with Crippen molar-refractivity contribution in [2.24, 2.45) is 53.3 Å². The van der Waals surface area contributed by atoms with Crippen LogP contribution in [0.4, 0.5) is 0 Å². The first kappa shape index (κ1) is 10.6. The molecular weight excluding hydrogens is 246 g/mol. The summed E-state index contributed by atoms with van der Waals surface area (Å²) in [7, 11) is 0. The van der Waals surface area contributed by atoms with Gasteiger partial charge >= 0.3 is 0 Å². The third-order valence-electron chi connectivity index (χ3n) is 9.39. The van der Waals surface area contributed by atoms with Gasteiger partial charge in [0.2, 0.25) is 0 Å². The summed E-state index contributed by atoms with van der Waals surface area (Å²) >= 11 is 0. The largest absolute Gasteiger partial charge is 0.375 e. The summed E-state index contributed by atoms with van der Waals surface area (Å²) in [6.45, 7) is 1.25. The predicted octanol–water partition coefficient (Wildman–Crippen LogP) is 2.33. The van der Waals surface area contributed by atoms with Crippen molar-refractivity contribution in [3.05, 3.63) is 0 Å². The molecule has 6 aliphatic carbocycles. The maximum Gasteiger partial charge on any atom is 0.125 e. The Labute approximate surface area is 120 Å². The molecule has 0 aromatic heterocycles. The molecule has 4 bridgehead atoms. The second-order valence-electron chi connectivity index (χ2n) is 9.35. The van der Waals surface area contributed by atoms with Gasteiger partial charge in [0.05, 0.1) is 0 Å². The van der Waals surface area contributed by atoms with Crippen molar-refractivity contribution in [3.8, 4) is 0 Å². The number of hydrogen-bond donors (Lipinski definition) is 1. The summed E-state index contributed by atoms with van der Waals surface area (Å²) in [5.74, 6) is 8.24. The number of nitrogens with zero attached hydrogens (tertiary/aromatic N) is 1. The molecule has 1 N–H and O–H groups in total. The van der Waals surface area contributed by atoms with Crippen LogP contribution in [0.15, 0.2) is 0 Å². The Morgan fingerprint density at radius 3 is 2.60 bits per heavy atom. The Bertz CT molecular complexity index is 514. The maximum absolute atomic E-state index is 11.7. The summed E-state index contributed by atoms with van der Waals surface area (Å²) in [4.78, 5) is 2.71. The van der Waals surface area contributed by atoms with Gasteiger partial charge < -0.3 is 5.11 Å². The molecule has 0 spiro atoms. The van der Waals surface area contributed by atoms with Crippen LogP contribution < -0.4 is 0 Å². The highest BCUT2D eigenvalue weighted by molar-refractivity contribution is 5.40. The molecular formula is C18H25NO. The smallest absolute Gasteiger partial charge is 0.125 e. The standard InChI is InChI=1S/C18H25NO/c20-18-15-10-6-9-11-12(10)16(18)14(11)17(13(9)15)19(18)7-8-4-2-1-3-5-8/h8-17,20H,1-7H2/t9-,10+,11-,12+,13+,14-,15-,16+,17-,18+/m0/s1. The first-order valence-electron chi connectivity index (χ1n) is 9.31. The van der Waals surface area contributed by atoms with Crippen LogP contribution >= 0.6 is 0 Å². The molecule has 8 aliphatic rings. The van der Waals surface area contributed by atoms with Gasteiger partial charge in [0.1, 0.15) is 5.72 Å². The van der Waals surface area contributed by atoms with E-state index in [9.17, 15) is 5.11 Å². The fourth-order valence-electron chi connectivity index (χ4n) is 9.45. The van der Waals surface area contributed by atoms with Crippen molar-refractivity contribution in [1.82, 2.24) is 4.90 Å². The van der Waals surface area contributed by atoms with E-state index in [0.29, 0.717) is 5.92 Å². The van der Waals surface area contributed by atoms with Gasteiger partial charge in [-0.3, -0.25) is 4.90 Å². The molecule has 10 atom stereocenters. The van der Waals surface area contributed by atoms with E-state index in [2.05, 4.69) is 4.90 Å². The monoisotopic (exact) mass is 271 g/mol. The van der Waals surface area contributed by atoms with Gasteiger partial charge in [-0.15, -0.1) is 0 Å². The van der Waals surface area contributed by atoms with Crippen molar-refractivity contribution < 1.29 is 5.11 Å². The molecule has 0 amide bonds. The molecule has 108 valence electrons. The minimum Gasteiger partial charge on any atom is -0.375 e. The van der Waals surface area contributed by atoms with Crippen LogP contribution in [0.1, 0.15) is 38.5 Å². The molecule has 2 aliphatic heterocycles. The van der Waals surface area contributed by atoms with Crippen molar-refractivity contribution in [2.75, 3.05) is 6.54 Å². The van der Waals surface area contributed by atoms with Crippen molar-refractivity contribution in [1.29, 1.82) is 0 Å². The van der Waals surface area contributed by atoms with Gasteiger partial charge in [-0.05, 0) is 60.7 Å². The average Bonchev–Trinajstić information content (AvgIpc) is 3.06. The molecule has 8 fully saturated rings. The molecule has 8 rings (SSSR count). The van der Waals surface area contributed by atoms with E-state index in [1.54, 1.807) is 0 Å². The first-order valence-corrected chi connectivity index (χ1v) is 9.31. The van der Waals surface area contributed by atoms with Gasteiger partial charge in [-0.1, -0.05) is 19.3 Å². The topological polar surface area (TPSA) is 23.5 Å². The van der Waals surface area contributed by atoms with E-state index in [-0.39, 0.29) is 5.72 Å². The fraction of sp³-hybridized carbons (Fsp3) is 1.00. The van der Waals surface area contributed by atoms with E-state index >= 15 is 0 Å². The average molecular weight is 271 g/mol. The number of aliphatic hydroxyl groups is 1. The number of hydrogen-bond acceptors (Lipinski definition) is 2. The minimum atomic E-state index is -0.311. The van der Waals surface area contributed by atoms with Crippen molar-refractivity contribution in [3.63, 3.8) is 0 Å². The normalized spacial score (nSPS) is 71.5. The van der Waals surface area contributed by atoms with E-state index in [4.69, 9.17) is 0 Å². The number of rotatable bonds is 2. The zero-order valence-electron chi connectivity index (χ0n) is 12.1. The third-order valence-corrected chi connectivity index (χ3v) is 9.39. The highest BCUT2D eigenvalue weighted by Crippen LogP contribution is 2.90. The predicted molar refractivity (Wildman–Crippen MR) is 74.6 cm³/mol. The molecule has 0 aromatic rings. The highest BCUT2D eigenvalue weighted by Gasteiger charge is 2.93. The Hall–Kier alpha value is -0.0800. The zero-order chi connectivity index (χ0) is 12.8. The van der Waals surface area contributed by atoms with Crippen LogP contribution in [-0.2, 0) is 0 Å². The molecule has 0 aromatic carbocycles. The van der Waals surface area contributed by atoms with Crippen molar-refractivity contribution >= 4 is 0 Å². The maximum atomic E-state index is 11.7. The van der Waals surface area contributed by atoms with Crippen LogP contribution in [0.2, 0.25) is 0 Å². The highest BCUT2D eigenvalue weighted by atomic mass is 16.3. The lowest BCUT2D eigenvalue weighted by Crippen LogP contribution is -2.51. The lowest BCUT2D eigenvalue weighted by Gasteiger charge is -2.45. The Morgan fingerprint density at radius 1 is 0.900 bits per heavy atom. The molecule has 2 heteroatoms. The molecule has 2 nitrogen and oxygen atoms in total. The lowest BCUT2D eigenvalue weighted by molar-refractivity contribution is -0.135. The second kappa shape index (κ2) is 2.88. The zero-order valence-corrected chi connectivity index (χ0v) is 12.1. The van der Waals surface area contributed by atoms with Gasteiger partial charge in [0, 0.05) is 24.4 Å². The van der Waals surface area contributed by atoms with Gasteiger partial charge in [0.25, 0.3) is 0 Å². The Balaban J connectivity index is 1.30. The summed E-state index contributed by atoms with van der Waals surface area (Å²) in [6, 6.07) is 0.829. The molecule has 0 unspecified atom stereocenters. The van der Waals surface area contributed by atoms with E-state index < -0.39 is 0 Å². The Morgan fingerprint density at radius 2 is 1.75 bits per heavy atom. The summed E-state index contributed by atoms with van der Waals surface area (Å²) in [5, 5.41) is 11.7. The molecule has 20 heavy (non-hydrogen) atoms. The molecule has 6 saturated carbocycles. The molecule has 2 saturated heterocycles. The van der Waals surface area contributed by atoms with Gasteiger partial charge in [-0.25, -0.2) is 0 Å². The fourth-order valence-corrected chi connectivity index (χ4v) is 9.45. The SMILES string of the molecule is O[C@@]12[C@@H]3[C@@H]4[C@H]5C[C@H]6[C@@H]4[C@@H]3[C@H]([C@H]6[C@H]51)N2CC1CCCCC1. The molecule has 2 heterocycles. The van der Waals surface area contributed by atoms with Gasteiger partial charge in [-0.2, -0.15) is 0 Å². The quantitative estimate of drug-likeness (QED) is 0.833. The minimum absolute atomic E-state index is 0.311. The van der Waals surface area contributed by atoms with E-state index in [0.717, 1.165) is 53.4 Å². The summed E-state index contributed by atoms with van der Waals surface area (Å²) < 4.78 is 0. The van der Waals surface area contributed by atoms with Gasteiger partial charge in [0.15, 0.2) is 0 Å².